The zero-order chi connectivity index (χ0) is 12.5. The van der Waals surface area contributed by atoms with Crippen molar-refractivity contribution in [3.8, 4) is 12.3 Å². The lowest BCUT2D eigenvalue weighted by Crippen LogP contribution is -2.30. The fourth-order valence-corrected chi connectivity index (χ4v) is 1.19. The maximum Gasteiger partial charge on any atom is 0.406 e. The third kappa shape index (κ3) is 2.14. The molecule has 0 saturated carbocycles. The molecule has 0 fully saturated rings. The van der Waals surface area contributed by atoms with Crippen LogP contribution in [0.2, 0.25) is 0 Å². The van der Waals surface area contributed by atoms with E-state index in [1.54, 1.807) is 32.4 Å². The summed E-state index contributed by atoms with van der Waals surface area (Å²) in [6.45, 7) is 5.22. The molecule has 0 aliphatic rings. The number of nitrogens with one attached hydrogen (secondary N) is 1. The number of imidazole rings is 1. The largest absolute Gasteiger partial charge is 0.406 e. The van der Waals surface area contributed by atoms with E-state index in [1.807, 2.05) is 0 Å². The Morgan fingerprint density at radius 1 is 1.62 bits per heavy atom. The monoisotopic (exact) mass is 222 g/mol. The van der Waals surface area contributed by atoms with Crippen LogP contribution in [-0.2, 0) is 7.05 Å². The third-order valence-electron chi connectivity index (χ3n) is 2.27. The van der Waals surface area contributed by atoms with Gasteiger partial charge in [-0.3, -0.25) is 4.57 Å². The second-order valence-electron chi connectivity index (χ2n) is 4.04. The number of nitrogens with zero attached hydrogens (tertiary/aromatic N) is 3. The van der Waals surface area contributed by atoms with Crippen LogP contribution in [-0.4, -0.2) is 20.0 Å². The molecule has 6 nitrogen and oxygen atoms in total. The topological polar surface area (TPSA) is 73.0 Å². The van der Waals surface area contributed by atoms with Gasteiger partial charge in [0.25, 0.3) is 0 Å². The van der Waals surface area contributed by atoms with Crippen molar-refractivity contribution in [2.24, 2.45) is 7.05 Å². The molecule has 0 atom stereocenters. The summed E-state index contributed by atoms with van der Waals surface area (Å²) in [5, 5.41) is 13.7. The Morgan fingerprint density at radius 3 is 2.62 bits per heavy atom. The summed E-state index contributed by atoms with van der Waals surface area (Å²) in [6, 6.07) is 0. The van der Waals surface area contributed by atoms with E-state index in [0.717, 1.165) is 0 Å². The van der Waals surface area contributed by atoms with Gasteiger partial charge in [-0.05, 0) is 23.8 Å². The van der Waals surface area contributed by atoms with Crippen molar-refractivity contribution in [3.05, 3.63) is 15.9 Å². The van der Waals surface area contributed by atoms with E-state index in [0.29, 0.717) is 11.6 Å². The second kappa shape index (κ2) is 3.85. The molecule has 0 aliphatic heterocycles. The smallest absolute Gasteiger partial charge is 0.358 e. The van der Waals surface area contributed by atoms with Crippen molar-refractivity contribution in [2.45, 2.75) is 26.3 Å². The summed E-state index contributed by atoms with van der Waals surface area (Å²) < 4.78 is 1.61. The Balaban J connectivity index is 3.23. The number of terminal acetylenes is 1. The second-order valence-corrected chi connectivity index (χ2v) is 4.04. The summed E-state index contributed by atoms with van der Waals surface area (Å²) in [5.41, 5.74) is -0.662. The zero-order valence-corrected chi connectivity index (χ0v) is 9.74. The minimum Gasteiger partial charge on any atom is -0.358 e. The SMILES string of the molecule is C#CC(C)(C)Nc1c([N+](=O)[O-])nc(C)n1C. The lowest BCUT2D eigenvalue weighted by molar-refractivity contribution is -0.388. The van der Waals surface area contributed by atoms with Crippen LogP contribution in [0.1, 0.15) is 19.7 Å². The van der Waals surface area contributed by atoms with Gasteiger partial charge in [0.15, 0.2) is 0 Å². The molecule has 1 aromatic heterocycles. The highest BCUT2D eigenvalue weighted by atomic mass is 16.6. The van der Waals surface area contributed by atoms with E-state index in [4.69, 9.17) is 6.42 Å². The van der Waals surface area contributed by atoms with Gasteiger partial charge in [0.1, 0.15) is 0 Å². The van der Waals surface area contributed by atoms with E-state index in [9.17, 15) is 10.1 Å². The van der Waals surface area contributed by atoms with E-state index in [2.05, 4.69) is 16.2 Å². The van der Waals surface area contributed by atoms with Crippen LogP contribution in [0.15, 0.2) is 0 Å². The predicted molar refractivity (Wildman–Crippen MR) is 61.1 cm³/mol. The average molecular weight is 222 g/mol. The Morgan fingerprint density at radius 2 is 2.19 bits per heavy atom. The first-order valence-corrected chi connectivity index (χ1v) is 4.72. The molecule has 0 unspecified atom stereocenters. The maximum atomic E-state index is 10.8. The first kappa shape index (κ1) is 12.0. The molecule has 1 heterocycles. The van der Waals surface area contributed by atoms with Gasteiger partial charge in [0.2, 0.25) is 11.6 Å². The first-order chi connectivity index (χ1) is 7.28. The number of aromatic nitrogens is 2. The van der Waals surface area contributed by atoms with Crippen molar-refractivity contribution in [1.29, 1.82) is 0 Å². The predicted octanol–water partition coefficient (Wildman–Crippen LogP) is 1.46. The van der Waals surface area contributed by atoms with Gasteiger partial charge in [-0.1, -0.05) is 5.92 Å². The fourth-order valence-electron chi connectivity index (χ4n) is 1.19. The molecule has 1 rings (SSSR count). The van der Waals surface area contributed by atoms with Gasteiger partial charge in [-0.2, -0.15) is 0 Å². The van der Waals surface area contributed by atoms with Gasteiger partial charge in [0, 0.05) is 14.0 Å². The zero-order valence-electron chi connectivity index (χ0n) is 9.74. The Labute approximate surface area is 93.8 Å². The van der Waals surface area contributed by atoms with Crippen molar-refractivity contribution < 1.29 is 4.92 Å². The Hall–Kier alpha value is -2.03. The first-order valence-electron chi connectivity index (χ1n) is 4.72. The normalized spacial score (nSPS) is 10.9. The van der Waals surface area contributed by atoms with Crippen molar-refractivity contribution in [1.82, 2.24) is 9.55 Å². The summed E-state index contributed by atoms with van der Waals surface area (Å²) in [6.07, 6.45) is 5.33. The molecule has 0 saturated heterocycles. The van der Waals surface area contributed by atoms with Crippen LogP contribution >= 0.6 is 0 Å². The van der Waals surface area contributed by atoms with Crippen molar-refractivity contribution >= 4 is 11.6 Å². The average Bonchev–Trinajstić information content (AvgIpc) is 2.46. The highest BCUT2D eigenvalue weighted by Gasteiger charge is 2.27. The molecule has 0 bridgehead atoms. The van der Waals surface area contributed by atoms with Crippen LogP contribution in [0, 0.1) is 29.4 Å². The third-order valence-corrected chi connectivity index (χ3v) is 2.27. The van der Waals surface area contributed by atoms with Gasteiger partial charge in [-0.15, -0.1) is 6.42 Å². The van der Waals surface area contributed by atoms with E-state index in [-0.39, 0.29) is 5.82 Å². The lowest BCUT2D eigenvalue weighted by Gasteiger charge is -2.20. The molecule has 16 heavy (non-hydrogen) atoms. The van der Waals surface area contributed by atoms with E-state index >= 15 is 0 Å². The molecule has 0 aromatic carbocycles. The van der Waals surface area contributed by atoms with E-state index in [1.165, 1.54) is 0 Å². The van der Waals surface area contributed by atoms with Crippen LogP contribution in [0.5, 0.6) is 0 Å². The molecule has 0 aliphatic carbocycles. The molecule has 0 spiro atoms. The highest BCUT2D eigenvalue weighted by Crippen LogP contribution is 2.26. The fraction of sp³-hybridized carbons (Fsp3) is 0.500. The van der Waals surface area contributed by atoms with Crippen molar-refractivity contribution in [2.75, 3.05) is 5.32 Å². The number of anilines is 1. The van der Waals surface area contributed by atoms with Crippen LogP contribution in [0.3, 0.4) is 0 Å². The van der Waals surface area contributed by atoms with Gasteiger partial charge < -0.3 is 15.4 Å². The molecule has 1 N–H and O–H groups in total. The molecule has 0 radical (unpaired) electrons. The number of rotatable bonds is 3. The molecule has 0 amide bonds. The quantitative estimate of drug-likeness (QED) is 0.477. The van der Waals surface area contributed by atoms with Crippen LogP contribution < -0.4 is 5.32 Å². The van der Waals surface area contributed by atoms with Crippen LogP contribution in [0.4, 0.5) is 11.6 Å². The Kier molecular flexibility index (Phi) is 2.90. The summed E-state index contributed by atoms with van der Waals surface area (Å²) >= 11 is 0. The molecular formula is C10H14N4O2. The maximum absolute atomic E-state index is 10.8. The van der Waals surface area contributed by atoms with Gasteiger partial charge >= 0.3 is 5.82 Å². The van der Waals surface area contributed by atoms with Crippen molar-refractivity contribution in [3.63, 3.8) is 0 Å². The van der Waals surface area contributed by atoms with Gasteiger partial charge in [-0.25, -0.2) is 0 Å². The number of nitro groups is 1. The minimum absolute atomic E-state index is 0.205. The summed E-state index contributed by atoms with van der Waals surface area (Å²) in [4.78, 5) is 14.1. The molecular weight excluding hydrogens is 208 g/mol. The molecule has 6 heteroatoms. The highest BCUT2D eigenvalue weighted by molar-refractivity contribution is 5.56. The number of aryl methyl sites for hydroxylation is 1. The Bertz CT molecular complexity index is 468. The standard InChI is InChI=1S/C10H14N4O2/c1-6-10(3,4)12-9-8(14(15)16)11-7(2)13(9)5/h1,12H,2-5H3. The lowest BCUT2D eigenvalue weighted by atomic mass is 10.1. The van der Waals surface area contributed by atoms with Crippen LogP contribution in [0.25, 0.3) is 0 Å². The van der Waals surface area contributed by atoms with E-state index < -0.39 is 10.5 Å². The summed E-state index contributed by atoms with van der Waals surface area (Å²) in [7, 11) is 1.70. The number of hydrogen-bond donors (Lipinski definition) is 1. The summed E-state index contributed by atoms with van der Waals surface area (Å²) in [5.74, 6) is 3.19. The molecule has 86 valence electrons. The molecule has 1 aromatic rings. The van der Waals surface area contributed by atoms with Gasteiger partial charge in [0.05, 0.1) is 5.54 Å². The number of hydrogen-bond acceptors (Lipinski definition) is 4. The minimum atomic E-state index is -0.662.